The van der Waals surface area contributed by atoms with E-state index in [2.05, 4.69) is 4.74 Å². The molecule has 1 aromatic carbocycles. The van der Waals surface area contributed by atoms with Gasteiger partial charge in [0.05, 0.1) is 17.6 Å². The van der Waals surface area contributed by atoms with Crippen LogP contribution < -0.4 is 5.73 Å². The first-order chi connectivity index (χ1) is 9.86. The maximum atomic E-state index is 12.8. The number of piperidine rings is 1. The molecule has 6 nitrogen and oxygen atoms in total. The quantitative estimate of drug-likeness (QED) is 0.835. The van der Waals surface area contributed by atoms with Gasteiger partial charge in [0.15, 0.2) is 0 Å². The molecular weight excluding hydrogens is 292 g/mol. The highest BCUT2D eigenvalue weighted by molar-refractivity contribution is 7.89. The molecular formula is C14H20N2O4S. The van der Waals surface area contributed by atoms with Crippen molar-refractivity contribution in [3.8, 4) is 0 Å². The molecule has 1 aromatic rings. The fraction of sp³-hybridized carbons (Fsp3) is 0.500. The smallest absolute Gasteiger partial charge is 0.339 e. The van der Waals surface area contributed by atoms with Crippen molar-refractivity contribution in [3.63, 3.8) is 0 Å². The Morgan fingerprint density at radius 2 is 2.00 bits per heavy atom. The fourth-order valence-corrected chi connectivity index (χ4v) is 4.45. The predicted molar refractivity (Wildman–Crippen MR) is 78.3 cm³/mol. The van der Waals surface area contributed by atoms with Crippen LogP contribution in [0.2, 0.25) is 0 Å². The lowest BCUT2D eigenvalue weighted by atomic mass is 9.99. The standard InChI is InChI=1S/C14H20N2O4S/c1-10-7-11(15)9-16(8-10)21(18,19)13-6-4-3-5-12(13)14(17)20-2/h3-6,10-11H,7-9,15H2,1-2H3. The number of sulfonamides is 1. The molecule has 0 aromatic heterocycles. The number of ether oxygens (including phenoxy) is 1. The SMILES string of the molecule is COC(=O)c1ccccc1S(=O)(=O)N1CC(C)CC(N)C1. The van der Waals surface area contributed by atoms with Crippen molar-refractivity contribution in [1.29, 1.82) is 0 Å². The van der Waals surface area contributed by atoms with Crippen molar-refractivity contribution >= 4 is 16.0 Å². The minimum atomic E-state index is -3.76. The summed E-state index contributed by atoms with van der Waals surface area (Å²) in [6, 6.07) is 5.88. The minimum Gasteiger partial charge on any atom is -0.465 e. The van der Waals surface area contributed by atoms with Crippen LogP contribution in [0, 0.1) is 5.92 Å². The Labute approximate surface area is 124 Å². The third kappa shape index (κ3) is 3.25. The molecule has 2 rings (SSSR count). The Hall–Kier alpha value is -1.44. The van der Waals surface area contributed by atoms with Gasteiger partial charge in [-0.1, -0.05) is 19.1 Å². The number of nitrogens with zero attached hydrogens (tertiary/aromatic N) is 1. The van der Waals surface area contributed by atoms with E-state index in [0.717, 1.165) is 6.42 Å². The first kappa shape index (κ1) is 15.9. The number of esters is 1. The first-order valence-corrected chi connectivity index (χ1v) is 8.23. The van der Waals surface area contributed by atoms with Crippen molar-refractivity contribution < 1.29 is 17.9 Å². The van der Waals surface area contributed by atoms with Gasteiger partial charge >= 0.3 is 5.97 Å². The van der Waals surface area contributed by atoms with Crippen molar-refractivity contribution in [2.75, 3.05) is 20.2 Å². The van der Waals surface area contributed by atoms with Crippen LogP contribution in [-0.2, 0) is 14.8 Å². The molecule has 2 unspecified atom stereocenters. The molecule has 1 aliphatic rings. The lowest BCUT2D eigenvalue weighted by Crippen LogP contribution is -2.48. The lowest BCUT2D eigenvalue weighted by Gasteiger charge is -2.34. The summed E-state index contributed by atoms with van der Waals surface area (Å²) in [6.45, 7) is 2.64. The Morgan fingerprint density at radius 3 is 2.62 bits per heavy atom. The highest BCUT2D eigenvalue weighted by Crippen LogP contribution is 2.25. The zero-order valence-corrected chi connectivity index (χ0v) is 13.0. The summed E-state index contributed by atoms with van der Waals surface area (Å²) in [5.74, 6) is -0.475. The van der Waals surface area contributed by atoms with E-state index in [1.54, 1.807) is 12.1 Å². The van der Waals surface area contributed by atoms with E-state index in [9.17, 15) is 13.2 Å². The second-order valence-corrected chi connectivity index (χ2v) is 7.32. The molecule has 7 heteroatoms. The van der Waals surface area contributed by atoms with Gasteiger partial charge in [-0.2, -0.15) is 4.31 Å². The molecule has 0 saturated carbocycles. The van der Waals surface area contributed by atoms with Crippen LogP contribution in [0.5, 0.6) is 0 Å². The normalized spacial score (nSPS) is 23.8. The summed E-state index contributed by atoms with van der Waals surface area (Å²) in [5.41, 5.74) is 5.96. The third-order valence-corrected chi connectivity index (χ3v) is 5.46. The van der Waals surface area contributed by atoms with Crippen LogP contribution in [-0.4, -0.2) is 44.9 Å². The summed E-state index contributed by atoms with van der Waals surface area (Å²) in [5, 5.41) is 0. The van der Waals surface area contributed by atoms with E-state index in [0.29, 0.717) is 6.54 Å². The average molecular weight is 312 g/mol. The largest absolute Gasteiger partial charge is 0.465 e. The second-order valence-electron chi connectivity index (χ2n) is 5.41. The van der Waals surface area contributed by atoms with Crippen LogP contribution in [0.15, 0.2) is 29.2 Å². The van der Waals surface area contributed by atoms with Gasteiger partial charge in [-0.05, 0) is 24.5 Å². The molecule has 0 amide bonds. The maximum absolute atomic E-state index is 12.8. The molecule has 1 heterocycles. The molecule has 2 N–H and O–H groups in total. The number of benzene rings is 1. The van der Waals surface area contributed by atoms with Crippen LogP contribution in [0.4, 0.5) is 0 Å². The third-order valence-electron chi connectivity index (χ3n) is 3.57. The number of carbonyl (C=O) groups excluding carboxylic acids is 1. The molecule has 0 bridgehead atoms. The molecule has 0 spiro atoms. The van der Waals surface area contributed by atoms with E-state index >= 15 is 0 Å². The number of hydrogen-bond acceptors (Lipinski definition) is 5. The van der Waals surface area contributed by atoms with Crippen LogP contribution >= 0.6 is 0 Å². The molecule has 116 valence electrons. The Kier molecular flexibility index (Phi) is 4.65. The summed E-state index contributed by atoms with van der Waals surface area (Å²) in [4.78, 5) is 11.7. The van der Waals surface area contributed by atoms with Crippen molar-refractivity contribution in [1.82, 2.24) is 4.31 Å². The van der Waals surface area contributed by atoms with Crippen LogP contribution in [0.1, 0.15) is 23.7 Å². The van der Waals surface area contributed by atoms with E-state index in [4.69, 9.17) is 5.73 Å². The van der Waals surface area contributed by atoms with Crippen molar-refractivity contribution in [3.05, 3.63) is 29.8 Å². The zero-order chi connectivity index (χ0) is 15.6. The van der Waals surface area contributed by atoms with E-state index in [-0.39, 0.29) is 29.0 Å². The molecule has 1 fully saturated rings. The lowest BCUT2D eigenvalue weighted by molar-refractivity contribution is 0.0596. The van der Waals surface area contributed by atoms with Gasteiger partial charge in [-0.15, -0.1) is 0 Å². The monoisotopic (exact) mass is 312 g/mol. The van der Waals surface area contributed by atoms with E-state index < -0.39 is 16.0 Å². The molecule has 0 aliphatic carbocycles. The van der Waals surface area contributed by atoms with Gasteiger partial charge in [0.1, 0.15) is 0 Å². The number of nitrogens with two attached hydrogens (primary N) is 1. The number of methoxy groups -OCH3 is 1. The second kappa shape index (κ2) is 6.13. The van der Waals surface area contributed by atoms with Crippen LogP contribution in [0.25, 0.3) is 0 Å². The van der Waals surface area contributed by atoms with Gasteiger partial charge in [0, 0.05) is 19.1 Å². The summed E-state index contributed by atoms with van der Waals surface area (Å²) < 4.78 is 31.6. The minimum absolute atomic E-state index is 0.0295. The first-order valence-electron chi connectivity index (χ1n) is 6.79. The molecule has 21 heavy (non-hydrogen) atoms. The van der Waals surface area contributed by atoms with E-state index in [1.807, 2.05) is 6.92 Å². The average Bonchev–Trinajstić information content (AvgIpc) is 2.45. The van der Waals surface area contributed by atoms with Gasteiger partial charge in [-0.25, -0.2) is 13.2 Å². The number of rotatable bonds is 3. The molecule has 2 atom stereocenters. The van der Waals surface area contributed by atoms with Crippen molar-refractivity contribution in [2.24, 2.45) is 11.7 Å². The predicted octanol–water partition coefficient (Wildman–Crippen LogP) is 0.831. The number of hydrogen-bond donors (Lipinski definition) is 1. The highest BCUT2D eigenvalue weighted by atomic mass is 32.2. The molecule has 1 saturated heterocycles. The topological polar surface area (TPSA) is 89.7 Å². The van der Waals surface area contributed by atoms with Gasteiger partial charge in [-0.3, -0.25) is 0 Å². The maximum Gasteiger partial charge on any atom is 0.339 e. The Bertz CT molecular complexity index is 620. The number of carbonyl (C=O) groups is 1. The summed E-state index contributed by atoms with van der Waals surface area (Å²) >= 11 is 0. The zero-order valence-electron chi connectivity index (χ0n) is 12.2. The molecule has 0 radical (unpaired) electrons. The van der Waals surface area contributed by atoms with Crippen LogP contribution in [0.3, 0.4) is 0 Å². The van der Waals surface area contributed by atoms with E-state index in [1.165, 1.54) is 23.5 Å². The summed E-state index contributed by atoms with van der Waals surface area (Å²) in [7, 11) is -2.53. The fourth-order valence-electron chi connectivity index (χ4n) is 2.66. The Morgan fingerprint density at radius 1 is 1.33 bits per heavy atom. The van der Waals surface area contributed by atoms with Gasteiger partial charge in [0.2, 0.25) is 10.0 Å². The van der Waals surface area contributed by atoms with Gasteiger partial charge in [0.25, 0.3) is 0 Å². The van der Waals surface area contributed by atoms with Crippen molar-refractivity contribution in [2.45, 2.75) is 24.3 Å². The molecule has 1 aliphatic heterocycles. The summed E-state index contributed by atoms with van der Waals surface area (Å²) in [6.07, 6.45) is 0.796. The van der Waals surface area contributed by atoms with Gasteiger partial charge < -0.3 is 10.5 Å². The Balaban J connectivity index is 2.42. The highest BCUT2D eigenvalue weighted by Gasteiger charge is 2.34.